The van der Waals surface area contributed by atoms with Gasteiger partial charge in [0.25, 0.3) is 0 Å². The Morgan fingerprint density at radius 1 is 0.885 bits per heavy atom. The van der Waals surface area contributed by atoms with Crippen LogP contribution in [0.1, 0.15) is 68.0 Å². The maximum Gasteiger partial charge on any atom is 0.203 e. The standard InChI is InChI=1S/C23H25NO2/c1-12-11-18(16-9-5-3-7-14(12)16)19-22(25)20(23(19)26)21-17-10-6-4-8-15(17)13(2)24-21/h11,24-25H,3-10H2,1-2H3. The van der Waals surface area contributed by atoms with Crippen LogP contribution >= 0.6 is 0 Å². The second-order valence-electron chi connectivity index (χ2n) is 8.12. The summed E-state index contributed by atoms with van der Waals surface area (Å²) in [5.74, 6) is 0.207. The Kier molecular flexibility index (Phi) is 3.43. The van der Waals surface area contributed by atoms with Gasteiger partial charge in [-0.2, -0.15) is 0 Å². The summed E-state index contributed by atoms with van der Waals surface area (Å²) in [5, 5.41) is 10.9. The summed E-state index contributed by atoms with van der Waals surface area (Å²) in [6.45, 7) is 4.21. The van der Waals surface area contributed by atoms with Gasteiger partial charge in [0.15, 0.2) is 0 Å². The molecule has 0 atom stereocenters. The van der Waals surface area contributed by atoms with Gasteiger partial charge in [-0.1, -0.05) is 6.08 Å². The molecule has 1 aromatic heterocycles. The van der Waals surface area contributed by atoms with E-state index in [0.717, 1.165) is 49.1 Å². The Bertz CT molecular complexity index is 978. The van der Waals surface area contributed by atoms with Crippen molar-refractivity contribution in [2.75, 3.05) is 0 Å². The molecule has 4 aliphatic rings. The molecule has 134 valence electrons. The quantitative estimate of drug-likeness (QED) is 0.688. The predicted molar refractivity (Wildman–Crippen MR) is 103 cm³/mol. The summed E-state index contributed by atoms with van der Waals surface area (Å²) < 4.78 is 0. The normalized spacial score (nSPS) is 25.3. The molecule has 0 bridgehead atoms. The van der Waals surface area contributed by atoms with Crippen molar-refractivity contribution in [2.24, 2.45) is 0 Å². The highest BCUT2D eigenvalue weighted by Crippen LogP contribution is 2.47. The van der Waals surface area contributed by atoms with Crippen molar-refractivity contribution in [3.05, 3.63) is 62.2 Å². The van der Waals surface area contributed by atoms with Crippen LogP contribution in [0.3, 0.4) is 0 Å². The van der Waals surface area contributed by atoms with Crippen molar-refractivity contribution in [3.63, 3.8) is 0 Å². The number of allylic oxidation sites excluding steroid dienone is 7. The van der Waals surface area contributed by atoms with Crippen molar-refractivity contribution in [2.45, 2.75) is 65.2 Å². The van der Waals surface area contributed by atoms with Gasteiger partial charge in [-0.3, -0.25) is 4.79 Å². The largest absolute Gasteiger partial charge is 0.506 e. The number of aromatic nitrogens is 1. The van der Waals surface area contributed by atoms with Crippen LogP contribution in [-0.2, 0) is 17.6 Å². The fourth-order valence-electron chi connectivity index (χ4n) is 5.28. The first kappa shape index (κ1) is 15.9. The minimum atomic E-state index is 0.00972. The number of carbonyl (C=O) groups excluding carboxylic acids is 1. The third-order valence-electron chi connectivity index (χ3n) is 6.61. The number of fused-ring (bicyclic) bond motifs is 1. The summed E-state index contributed by atoms with van der Waals surface area (Å²) in [4.78, 5) is 16.5. The first-order chi connectivity index (χ1) is 12.6. The molecular weight excluding hydrogens is 322 g/mol. The molecule has 3 nitrogen and oxygen atoms in total. The monoisotopic (exact) mass is 347 g/mol. The Labute approximate surface area is 154 Å². The topological polar surface area (TPSA) is 53.1 Å². The zero-order chi connectivity index (χ0) is 18.0. The van der Waals surface area contributed by atoms with E-state index in [0.29, 0.717) is 11.1 Å². The van der Waals surface area contributed by atoms with E-state index in [1.165, 1.54) is 47.1 Å². The number of aryl methyl sites for hydroxylation is 1. The van der Waals surface area contributed by atoms with Crippen molar-refractivity contribution in [3.8, 4) is 0 Å². The van der Waals surface area contributed by atoms with Crippen molar-refractivity contribution in [1.29, 1.82) is 0 Å². The van der Waals surface area contributed by atoms with Gasteiger partial charge in [0, 0.05) is 5.69 Å². The number of H-pyrrole nitrogens is 1. The third kappa shape index (κ3) is 2.03. The Balaban J connectivity index is 1.64. The summed E-state index contributed by atoms with van der Waals surface area (Å²) >= 11 is 0. The first-order valence-corrected chi connectivity index (χ1v) is 9.92. The van der Waals surface area contributed by atoms with Gasteiger partial charge >= 0.3 is 0 Å². The zero-order valence-corrected chi connectivity index (χ0v) is 15.6. The number of Topliss-reactive ketones (excluding diaryl/α,β-unsaturated/α-hetero) is 1. The highest BCUT2D eigenvalue weighted by Gasteiger charge is 2.41. The van der Waals surface area contributed by atoms with Crippen LogP contribution in [0.2, 0.25) is 0 Å². The van der Waals surface area contributed by atoms with Gasteiger partial charge in [-0.05, 0) is 98.6 Å². The molecule has 3 heteroatoms. The molecular formula is C23H25NO2. The second kappa shape index (κ2) is 5.60. The van der Waals surface area contributed by atoms with Crippen LogP contribution < -0.4 is 0 Å². The van der Waals surface area contributed by atoms with Gasteiger partial charge < -0.3 is 10.1 Å². The molecule has 0 aliphatic heterocycles. The van der Waals surface area contributed by atoms with Gasteiger partial charge in [-0.15, -0.1) is 0 Å². The fraction of sp³-hybridized carbons (Fsp3) is 0.435. The average molecular weight is 347 g/mol. The highest BCUT2D eigenvalue weighted by atomic mass is 16.3. The minimum Gasteiger partial charge on any atom is -0.506 e. The lowest BCUT2D eigenvalue weighted by Gasteiger charge is -2.26. The molecule has 1 aromatic rings. The number of ketones is 1. The van der Waals surface area contributed by atoms with E-state index in [1.807, 2.05) is 0 Å². The summed E-state index contributed by atoms with van der Waals surface area (Å²) in [7, 11) is 0. The molecule has 26 heavy (non-hydrogen) atoms. The van der Waals surface area contributed by atoms with Crippen LogP contribution in [-0.4, -0.2) is 15.9 Å². The van der Waals surface area contributed by atoms with Crippen LogP contribution in [0.5, 0.6) is 0 Å². The maximum atomic E-state index is 13.1. The van der Waals surface area contributed by atoms with Crippen molar-refractivity contribution in [1.82, 2.24) is 4.98 Å². The van der Waals surface area contributed by atoms with Crippen molar-refractivity contribution >= 4 is 11.4 Å². The average Bonchev–Trinajstić information content (AvgIpc) is 3.14. The number of carbonyl (C=O) groups is 1. The molecule has 0 spiro atoms. The molecule has 0 unspecified atom stereocenters. The summed E-state index contributed by atoms with van der Waals surface area (Å²) in [6.07, 6.45) is 11.1. The lowest BCUT2D eigenvalue weighted by atomic mass is 9.78. The van der Waals surface area contributed by atoms with E-state index in [2.05, 4.69) is 24.9 Å². The molecule has 5 rings (SSSR count). The van der Waals surface area contributed by atoms with E-state index < -0.39 is 0 Å². The van der Waals surface area contributed by atoms with Crippen LogP contribution in [0, 0.1) is 6.92 Å². The van der Waals surface area contributed by atoms with Crippen LogP contribution in [0.25, 0.3) is 5.57 Å². The number of hydrogen-bond donors (Lipinski definition) is 2. The van der Waals surface area contributed by atoms with Crippen molar-refractivity contribution < 1.29 is 9.90 Å². The Morgan fingerprint density at radius 3 is 2.27 bits per heavy atom. The SMILES string of the molecule is CC1=CC(=C2C(=O)C(c3[nH]c(C)c4c3CCCC4)=C2O)C2=C1CCCC2. The predicted octanol–water partition coefficient (Wildman–Crippen LogP) is 5.18. The number of rotatable bonds is 1. The summed E-state index contributed by atoms with van der Waals surface area (Å²) in [6, 6.07) is 0. The van der Waals surface area contributed by atoms with Crippen LogP contribution in [0.15, 0.2) is 39.7 Å². The Morgan fingerprint density at radius 2 is 1.54 bits per heavy atom. The molecule has 0 fully saturated rings. The van der Waals surface area contributed by atoms with Gasteiger partial charge in [0.05, 0.1) is 16.8 Å². The second-order valence-corrected chi connectivity index (χ2v) is 8.12. The Hall–Kier alpha value is -2.29. The lowest BCUT2D eigenvalue weighted by molar-refractivity contribution is -0.111. The smallest absolute Gasteiger partial charge is 0.203 e. The number of aromatic amines is 1. The maximum absolute atomic E-state index is 13.1. The fourth-order valence-corrected chi connectivity index (χ4v) is 5.28. The molecule has 0 amide bonds. The van der Waals surface area contributed by atoms with Gasteiger partial charge in [0.2, 0.25) is 5.78 Å². The number of aliphatic hydroxyl groups excluding tert-OH is 1. The van der Waals surface area contributed by atoms with E-state index in [1.54, 1.807) is 0 Å². The number of aliphatic hydroxyl groups is 1. The third-order valence-corrected chi connectivity index (χ3v) is 6.61. The number of nitrogens with one attached hydrogen (secondary N) is 1. The van der Waals surface area contributed by atoms with Gasteiger partial charge in [-0.25, -0.2) is 0 Å². The lowest BCUT2D eigenvalue weighted by Crippen LogP contribution is -2.24. The molecule has 0 radical (unpaired) electrons. The number of hydrogen-bond acceptors (Lipinski definition) is 2. The van der Waals surface area contributed by atoms with E-state index in [-0.39, 0.29) is 11.5 Å². The van der Waals surface area contributed by atoms with Crippen LogP contribution in [0.4, 0.5) is 0 Å². The first-order valence-electron chi connectivity index (χ1n) is 9.92. The molecule has 0 aromatic carbocycles. The van der Waals surface area contributed by atoms with E-state index in [4.69, 9.17) is 0 Å². The summed E-state index contributed by atoms with van der Waals surface area (Å²) in [5.41, 5.74) is 10.6. The molecule has 1 heterocycles. The molecule has 2 N–H and O–H groups in total. The van der Waals surface area contributed by atoms with E-state index >= 15 is 0 Å². The minimum absolute atomic E-state index is 0.00972. The van der Waals surface area contributed by atoms with E-state index in [9.17, 15) is 9.90 Å². The molecule has 0 saturated carbocycles. The van der Waals surface area contributed by atoms with Gasteiger partial charge in [0.1, 0.15) is 5.76 Å². The zero-order valence-electron chi connectivity index (χ0n) is 15.6. The molecule has 0 saturated heterocycles. The molecule has 4 aliphatic carbocycles. The highest BCUT2D eigenvalue weighted by molar-refractivity contribution is 6.39.